The first-order valence-electron chi connectivity index (χ1n) is 4.10. The number of para-hydroxylation sites is 1. The first-order chi connectivity index (χ1) is 6.43. The lowest BCUT2D eigenvalue weighted by atomic mass is 10.2. The molecule has 1 N–H and O–H groups in total. The molecule has 1 aromatic rings. The Morgan fingerprint density at radius 1 is 1.50 bits per heavy atom. The summed E-state index contributed by atoms with van der Waals surface area (Å²) in [7, 11) is 0. The highest BCUT2D eigenvalue weighted by Crippen LogP contribution is 2.25. The fourth-order valence-corrected chi connectivity index (χ4v) is 1.00. The van der Waals surface area contributed by atoms with Gasteiger partial charge in [-0.1, -0.05) is 29.8 Å². The summed E-state index contributed by atoms with van der Waals surface area (Å²) < 4.78 is 5.16. The van der Waals surface area contributed by atoms with Gasteiger partial charge in [0.25, 0.3) is 5.06 Å². The van der Waals surface area contributed by atoms with Crippen molar-refractivity contribution in [2.24, 2.45) is 0 Å². The van der Waals surface area contributed by atoms with Crippen LogP contribution in [0.2, 0.25) is 0 Å². The molecule has 0 aliphatic carbocycles. The number of carboxylic acid groups (broad SMARTS) is 1. The molecule has 0 spiro atoms. The van der Waals surface area contributed by atoms with Gasteiger partial charge in [0.2, 0.25) is 0 Å². The van der Waals surface area contributed by atoms with E-state index in [0.717, 1.165) is 5.56 Å². The highest BCUT2D eigenvalue weighted by molar-refractivity contribution is 6.32. The summed E-state index contributed by atoms with van der Waals surface area (Å²) in [4.78, 5) is 10.7. The van der Waals surface area contributed by atoms with E-state index in [0.29, 0.717) is 5.75 Å². The average Bonchev–Trinajstić information content (AvgIpc) is 2.08. The van der Waals surface area contributed by atoms with Gasteiger partial charge in [-0.25, -0.2) is 4.79 Å². The third-order valence-electron chi connectivity index (χ3n) is 1.78. The molecule has 14 heavy (non-hydrogen) atoms. The summed E-state index contributed by atoms with van der Waals surface area (Å²) in [6, 6.07) is 7.11. The van der Waals surface area contributed by atoms with Crippen LogP contribution in [0.1, 0.15) is 12.5 Å². The minimum atomic E-state index is -1.72. The van der Waals surface area contributed by atoms with Crippen molar-refractivity contribution in [2.45, 2.75) is 18.9 Å². The second-order valence-electron chi connectivity index (χ2n) is 3.09. The van der Waals surface area contributed by atoms with Crippen LogP contribution in [0, 0.1) is 6.92 Å². The first-order valence-corrected chi connectivity index (χ1v) is 4.48. The van der Waals surface area contributed by atoms with Crippen molar-refractivity contribution in [3.05, 3.63) is 29.8 Å². The Hall–Kier alpha value is -1.22. The summed E-state index contributed by atoms with van der Waals surface area (Å²) in [6.45, 7) is 3.12. The highest BCUT2D eigenvalue weighted by Gasteiger charge is 2.32. The van der Waals surface area contributed by atoms with E-state index >= 15 is 0 Å². The maximum Gasteiger partial charge on any atom is 0.363 e. The van der Waals surface area contributed by atoms with E-state index in [9.17, 15) is 4.79 Å². The molecule has 1 rings (SSSR count). The molecule has 0 heterocycles. The zero-order chi connectivity index (χ0) is 10.8. The quantitative estimate of drug-likeness (QED) is 0.786. The molecule has 76 valence electrons. The van der Waals surface area contributed by atoms with E-state index in [2.05, 4.69) is 0 Å². The number of benzene rings is 1. The molecule has 0 aromatic heterocycles. The van der Waals surface area contributed by atoms with Crippen LogP contribution in [0.4, 0.5) is 0 Å². The molecule has 0 amide bonds. The molecule has 4 heteroatoms. The summed E-state index contributed by atoms with van der Waals surface area (Å²) >= 11 is 5.66. The lowest BCUT2D eigenvalue weighted by Gasteiger charge is -2.20. The number of aryl methyl sites for hydroxylation is 1. The number of hydrogen-bond acceptors (Lipinski definition) is 2. The largest absolute Gasteiger partial charge is 0.477 e. The van der Waals surface area contributed by atoms with Gasteiger partial charge in [0.05, 0.1) is 0 Å². The lowest BCUT2D eigenvalue weighted by Crippen LogP contribution is -2.35. The standard InChI is InChI=1S/C10H11ClO3/c1-7-5-3-4-6-8(7)14-10(2,11)9(12)13/h3-6H,1-2H3,(H,12,13). The van der Waals surface area contributed by atoms with Gasteiger partial charge in [-0.05, 0) is 18.6 Å². The Balaban J connectivity index is 2.89. The second kappa shape index (κ2) is 3.88. The van der Waals surface area contributed by atoms with Crippen molar-refractivity contribution in [3.63, 3.8) is 0 Å². The van der Waals surface area contributed by atoms with Crippen molar-refractivity contribution in [2.75, 3.05) is 0 Å². The van der Waals surface area contributed by atoms with Gasteiger partial charge in [0.1, 0.15) is 5.75 Å². The molecule has 0 aliphatic rings. The second-order valence-corrected chi connectivity index (χ2v) is 3.81. The van der Waals surface area contributed by atoms with Crippen molar-refractivity contribution in [1.82, 2.24) is 0 Å². The van der Waals surface area contributed by atoms with Gasteiger partial charge in [-0.2, -0.15) is 0 Å². The summed E-state index contributed by atoms with van der Waals surface area (Å²) in [5.74, 6) is -0.727. The molecular weight excluding hydrogens is 204 g/mol. The number of carboxylic acids is 1. The van der Waals surface area contributed by atoms with Crippen molar-refractivity contribution in [1.29, 1.82) is 0 Å². The van der Waals surface area contributed by atoms with Crippen LogP contribution >= 0.6 is 11.6 Å². The van der Waals surface area contributed by atoms with Crippen LogP contribution in [0.5, 0.6) is 5.75 Å². The van der Waals surface area contributed by atoms with Crippen molar-refractivity contribution in [3.8, 4) is 5.75 Å². The Labute approximate surface area is 87.3 Å². The molecule has 0 fully saturated rings. The Morgan fingerprint density at radius 3 is 2.57 bits per heavy atom. The monoisotopic (exact) mass is 214 g/mol. The summed E-state index contributed by atoms with van der Waals surface area (Å²) in [6.07, 6.45) is 0. The minimum Gasteiger partial charge on any atom is -0.477 e. The fraction of sp³-hybridized carbons (Fsp3) is 0.300. The van der Waals surface area contributed by atoms with Crippen LogP contribution in [0.25, 0.3) is 0 Å². The summed E-state index contributed by atoms with van der Waals surface area (Å²) in [5, 5.41) is 7.02. The Bertz CT molecular complexity index is 347. The normalized spacial score (nSPS) is 14.5. The first kappa shape index (κ1) is 10.9. The molecule has 0 saturated carbocycles. The predicted octanol–water partition coefficient (Wildman–Crippen LogP) is 2.41. The SMILES string of the molecule is Cc1ccccc1OC(C)(Cl)C(=O)O. The highest BCUT2D eigenvalue weighted by atomic mass is 35.5. The van der Waals surface area contributed by atoms with Gasteiger partial charge in [0.15, 0.2) is 0 Å². The number of halogens is 1. The van der Waals surface area contributed by atoms with E-state index in [1.807, 2.05) is 19.1 Å². The van der Waals surface area contributed by atoms with E-state index < -0.39 is 11.0 Å². The van der Waals surface area contributed by atoms with Crippen LogP contribution in [0.3, 0.4) is 0 Å². The predicted molar refractivity (Wildman–Crippen MR) is 53.7 cm³/mol. The van der Waals surface area contributed by atoms with E-state index in [4.69, 9.17) is 21.4 Å². The fourth-order valence-electron chi connectivity index (χ4n) is 0.921. The molecular formula is C10H11ClO3. The molecule has 1 aromatic carbocycles. The molecule has 0 bridgehead atoms. The van der Waals surface area contributed by atoms with Gasteiger partial charge in [-0.15, -0.1) is 0 Å². The third kappa shape index (κ3) is 2.39. The molecule has 1 unspecified atom stereocenters. The van der Waals surface area contributed by atoms with Crippen LogP contribution in [-0.4, -0.2) is 16.1 Å². The zero-order valence-corrected chi connectivity index (χ0v) is 8.71. The van der Waals surface area contributed by atoms with Crippen LogP contribution in [-0.2, 0) is 4.79 Å². The maximum atomic E-state index is 10.7. The third-order valence-corrected chi connectivity index (χ3v) is 2.02. The number of rotatable bonds is 3. The number of carbonyl (C=O) groups is 1. The smallest absolute Gasteiger partial charge is 0.363 e. The molecule has 3 nitrogen and oxygen atoms in total. The molecule has 0 saturated heterocycles. The molecule has 1 atom stereocenters. The average molecular weight is 215 g/mol. The lowest BCUT2D eigenvalue weighted by molar-refractivity contribution is -0.147. The topological polar surface area (TPSA) is 46.5 Å². The number of aliphatic carboxylic acids is 1. The van der Waals surface area contributed by atoms with Crippen molar-refractivity contribution >= 4 is 17.6 Å². The van der Waals surface area contributed by atoms with Crippen LogP contribution in [0.15, 0.2) is 24.3 Å². The number of hydrogen-bond donors (Lipinski definition) is 1. The minimum absolute atomic E-state index is 0.479. The van der Waals surface area contributed by atoms with Crippen molar-refractivity contribution < 1.29 is 14.6 Å². The molecule has 0 aliphatic heterocycles. The van der Waals surface area contributed by atoms with E-state index in [-0.39, 0.29) is 0 Å². The van der Waals surface area contributed by atoms with Gasteiger partial charge in [-0.3, -0.25) is 0 Å². The van der Waals surface area contributed by atoms with Gasteiger partial charge in [0, 0.05) is 6.92 Å². The Morgan fingerprint density at radius 2 is 2.07 bits per heavy atom. The van der Waals surface area contributed by atoms with Gasteiger partial charge >= 0.3 is 5.97 Å². The van der Waals surface area contributed by atoms with E-state index in [1.54, 1.807) is 12.1 Å². The summed E-state index contributed by atoms with van der Waals surface area (Å²) in [5.41, 5.74) is 0.848. The van der Waals surface area contributed by atoms with E-state index in [1.165, 1.54) is 6.92 Å². The zero-order valence-electron chi connectivity index (χ0n) is 7.95. The maximum absolute atomic E-state index is 10.7. The van der Waals surface area contributed by atoms with Crippen LogP contribution < -0.4 is 4.74 Å². The number of alkyl halides is 1. The van der Waals surface area contributed by atoms with Gasteiger partial charge < -0.3 is 9.84 Å². The molecule has 0 radical (unpaired) electrons. The number of ether oxygens (including phenoxy) is 1. The Kier molecular flexibility index (Phi) is 3.01.